The van der Waals surface area contributed by atoms with Crippen molar-refractivity contribution in [3.8, 4) is 0 Å². The van der Waals surface area contributed by atoms with E-state index in [2.05, 4.69) is 10.4 Å². The molecule has 19 heavy (non-hydrogen) atoms. The zero-order valence-electron chi connectivity index (χ0n) is 9.78. The highest BCUT2D eigenvalue weighted by Crippen LogP contribution is 2.33. The van der Waals surface area contributed by atoms with Crippen LogP contribution in [0.2, 0.25) is 5.02 Å². The molecule has 0 spiro atoms. The van der Waals surface area contributed by atoms with E-state index < -0.39 is 11.7 Å². The molecule has 0 unspecified atom stereocenters. The maximum Gasteiger partial charge on any atom is 0.416 e. The van der Waals surface area contributed by atoms with Gasteiger partial charge in [0.1, 0.15) is 0 Å². The van der Waals surface area contributed by atoms with E-state index in [1.165, 1.54) is 6.07 Å². The lowest BCUT2D eigenvalue weighted by Crippen LogP contribution is -2.12. The van der Waals surface area contributed by atoms with Gasteiger partial charge in [0.05, 0.1) is 22.8 Å². The molecule has 1 aromatic carbocycles. The van der Waals surface area contributed by atoms with Gasteiger partial charge in [-0.25, -0.2) is 0 Å². The fourth-order valence-corrected chi connectivity index (χ4v) is 1.76. The zero-order chi connectivity index (χ0) is 13.9. The summed E-state index contributed by atoms with van der Waals surface area (Å²) in [5, 5.41) is 7.12. The largest absolute Gasteiger partial charge is 0.416 e. The third-order valence-electron chi connectivity index (χ3n) is 2.51. The van der Waals surface area contributed by atoms with Crippen molar-refractivity contribution < 1.29 is 13.2 Å². The molecule has 0 aliphatic rings. The maximum absolute atomic E-state index is 12.6. The number of aromatic nitrogens is 2. The van der Waals surface area contributed by atoms with Gasteiger partial charge in [0.2, 0.25) is 0 Å². The Hall–Kier alpha value is -1.69. The number of nitrogens with one attached hydrogen (secondary N) is 1. The summed E-state index contributed by atoms with van der Waals surface area (Å²) >= 11 is 5.85. The summed E-state index contributed by atoms with van der Waals surface area (Å²) < 4.78 is 39.4. The van der Waals surface area contributed by atoms with Gasteiger partial charge in [0, 0.05) is 18.9 Å². The Bertz CT molecular complexity index is 538. The molecule has 102 valence electrons. The quantitative estimate of drug-likeness (QED) is 0.931. The second-order valence-corrected chi connectivity index (χ2v) is 4.30. The highest BCUT2D eigenvalue weighted by molar-refractivity contribution is 6.33. The van der Waals surface area contributed by atoms with Crippen LogP contribution < -0.4 is 5.32 Å². The molecule has 7 heteroatoms. The van der Waals surface area contributed by atoms with Gasteiger partial charge in [-0.1, -0.05) is 11.6 Å². The van der Waals surface area contributed by atoms with Crippen LogP contribution in [0.25, 0.3) is 0 Å². The second-order valence-electron chi connectivity index (χ2n) is 3.89. The lowest BCUT2D eigenvalue weighted by Gasteiger charge is -2.12. The smallest absolute Gasteiger partial charge is 0.382 e. The van der Waals surface area contributed by atoms with Crippen molar-refractivity contribution in [1.82, 2.24) is 9.78 Å². The highest BCUT2D eigenvalue weighted by atomic mass is 35.5. The lowest BCUT2D eigenvalue weighted by atomic mass is 10.2. The van der Waals surface area contributed by atoms with Crippen molar-refractivity contribution in [3.05, 3.63) is 47.2 Å². The molecule has 3 nitrogen and oxygen atoms in total. The Labute approximate surface area is 113 Å². The summed E-state index contributed by atoms with van der Waals surface area (Å²) in [6.07, 6.45) is -0.963. The molecule has 0 aliphatic heterocycles. The van der Waals surface area contributed by atoms with Gasteiger partial charge in [0.25, 0.3) is 0 Å². The van der Waals surface area contributed by atoms with Crippen LogP contribution in [0.1, 0.15) is 5.56 Å². The van der Waals surface area contributed by atoms with E-state index in [0.29, 0.717) is 13.1 Å². The van der Waals surface area contributed by atoms with Gasteiger partial charge >= 0.3 is 6.18 Å². The van der Waals surface area contributed by atoms with Crippen molar-refractivity contribution in [2.45, 2.75) is 12.7 Å². The standard InChI is InChI=1S/C12H11ClF3N3/c13-10-3-2-9(12(14,15)16)8-11(10)17-5-7-19-6-1-4-18-19/h1-4,6,8,17H,5,7H2. The summed E-state index contributed by atoms with van der Waals surface area (Å²) in [4.78, 5) is 0. The van der Waals surface area contributed by atoms with E-state index in [0.717, 1.165) is 12.1 Å². The minimum absolute atomic E-state index is 0.258. The van der Waals surface area contributed by atoms with E-state index in [4.69, 9.17) is 11.6 Å². The van der Waals surface area contributed by atoms with Gasteiger partial charge in [-0.15, -0.1) is 0 Å². The van der Waals surface area contributed by atoms with Crippen LogP contribution in [-0.4, -0.2) is 16.3 Å². The van der Waals surface area contributed by atoms with Crippen LogP contribution in [0.4, 0.5) is 18.9 Å². The number of nitrogens with zero attached hydrogens (tertiary/aromatic N) is 2. The molecule has 0 bridgehead atoms. The number of benzene rings is 1. The van der Waals surface area contributed by atoms with Gasteiger partial charge in [-0.05, 0) is 24.3 Å². The lowest BCUT2D eigenvalue weighted by molar-refractivity contribution is -0.137. The zero-order valence-corrected chi connectivity index (χ0v) is 10.5. The van der Waals surface area contributed by atoms with E-state index in [9.17, 15) is 13.2 Å². The number of alkyl halides is 3. The molecule has 1 aromatic heterocycles. The molecule has 1 N–H and O–H groups in total. The van der Waals surface area contributed by atoms with Crippen LogP contribution in [0.3, 0.4) is 0 Å². The minimum Gasteiger partial charge on any atom is -0.382 e. The second kappa shape index (κ2) is 5.52. The molecule has 2 rings (SSSR count). The van der Waals surface area contributed by atoms with Crippen molar-refractivity contribution in [3.63, 3.8) is 0 Å². The first kappa shape index (κ1) is 13.7. The predicted octanol–water partition coefficient (Wildman–Crippen LogP) is 3.67. The molecule has 2 aromatic rings. The van der Waals surface area contributed by atoms with Gasteiger partial charge < -0.3 is 5.32 Å². The highest BCUT2D eigenvalue weighted by Gasteiger charge is 2.30. The summed E-state index contributed by atoms with van der Waals surface area (Å²) in [7, 11) is 0. The Balaban J connectivity index is 2.03. The van der Waals surface area contributed by atoms with Crippen molar-refractivity contribution >= 4 is 17.3 Å². The predicted molar refractivity (Wildman–Crippen MR) is 67.2 cm³/mol. The molecular weight excluding hydrogens is 279 g/mol. The third kappa shape index (κ3) is 3.64. The van der Waals surface area contributed by atoms with Crippen LogP contribution in [0.15, 0.2) is 36.7 Å². The normalized spacial score (nSPS) is 11.6. The number of halogens is 4. The van der Waals surface area contributed by atoms with E-state index in [1.807, 2.05) is 0 Å². The molecular formula is C12H11ClF3N3. The molecule has 0 saturated heterocycles. The third-order valence-corrected chi connectivity index (χ3v) is 2.84. The fraction of sp³-hybridized carbons (Fsp3) is 0.250. The summed E-state index contributed by atoms with van der Waals surface area (Å²) in [6.45, 7) is 0.974. The van der Waals surface area contributed by atoms with Crippen molar-refractivity contribution in [1.29, 1.82) is 0 Å². The van der Waals surface area contributed by atoms with Crippen molar-refractivity contribution in [2.75, 3.05) is 11.9 Å². The van der Waals surface area contributed by atoms with Crippen LogP contribution in [-0.2, 0) is 12.7 Å². The number of anilines is 1. The van der Waals surface area contributed by atoms with Crippen LogP contribution in [0, 0.1) is 0 Å². The molecule has 0 amide bonds. The van der Waals surface area contributed by atoms with Gasteiger partial charge in [-0.2, -0.15) is 18.3 Å². The molecule has 0 saturated carbocycles. The molecule has 0 atom stereocenters. The molecule has 0 radical (unpaired) electrons. The first-order valence-electron chi connectivity index (χ1n) is 5.55. The summed E-state index contributed by atoms with van der Waals surface area (Å²) in [6, 6.07) is 4.98. The average molecular weight is 290 g/mol. The Kier molecular flexibility index (Phi) is 3.99. The van der Waals surface area contributed by atoms with E-state index >= 15 is 0 Å². The topological polar surface area (TPSA) is 29.9 Å². The van der Waals surface area contributed by atoms with Gasteiger partial charge in [-0.3, -0.25) is 4.68 Å². The molecule has 0 fully saturated rings. The Morgan fingerprint density at radius 1 is 1.32 bits per heavy atom. The summed E-state index contributed by atoms with van der Waals surface area (Å²) in [5.41, 5.74) is -0.456. The average Bonchev–Trinajstić information content (AvgIpc) is 2.83. The molecule has 1 heterocycles. The number of hydrogen-bond acceptors (Lipinski definition) is 2. The first-order valence-corrected chi connectivity index (χ1v) is 5.92. The minimum atomic E-state index is -4.37. The van der Waals surface area contributed by atoms with Crippen LogP contribution in [0.5, 0.6) is 0 Å². The van der Waals surface area contributed by atoms with E-state index in [-0.39, 0.29) is 10.7 Å². The number of rotatable bonds is 4. The van der Waals surface area contributed by atoms with Gasteiger partial charge in [0.15, 0.2) is 0 Å². The fourth-order valence-electron chi connectivity index (χ4n) is 1.57. The molecule has 0 aliphatic carbocycles. The maximum atomic E-state index is 12.6. The number of hydrogen-bond donors (Lipinski definition) is 1. The van der Waals surface area contributed by atoms with Crippen molar-refractivity contribution in [2.24, 2.45) is 0 Å². The SMILES string of the molecule is FC(F)(F)c1ccc(Cl)c(NCCn2cccn2)c1. The summed E-state index contributed by atoms with van der Waals surface area (Å²) in [5.74, 6) is 0. The first-order chi connectivity index (χ1) is 8.97. The van der Waals surface area contributed by atoms with Crippen LogP contribution >= 0.6 is 11.6 Å². The Morgan fingerprint density at radius 2 is 2.11 bits per heavy atom. The monoisotopic (exact) mass is 289 g/mol. The van der Waals surface area contributed by atoms with E-state index in [1.54, 1.807) is 23.1 Å². The Morgan fingerprint density at radius 3 is 2.74 bits per heavy atom.